The minimum Gasteiger partial charge on any atom is -0.368 e. The maximum absolute atomic E-state index is 5.53. The average Bonchev–Trinajstić information content (AvgIpc) is 2.78. The second kappa shape index (κ2) is 4.77. The summed E-state index contributed by atoms with van der Waals surface area (Å²) in [6.07, 6.45) is 0. The van der Waals surface area contributed by atoms with Crippen LogP contribution in [0.4, 0.5) is 17.6 Å². The summed E-state index contributed by atoms with van der Waals surface area (Å²) < 4.78 is 0. The van der Waals surface area contributed by atoms with Crippen LogP contribution >= 0.6 is 11.3 Å². The molecule has 0 spiro atoms. The van der Waals surface area contributed by atoms with E-state index in [9.17, 15) is 0 Å². The molecule has 6 nitrogen and oxygen atoms in total. The Balaban J connectivity index is 2.06. The highest BCUT2D eigenvalue weighted by Crippen LogP contribution is 2.14. The van der Waals surface area contributed by atoms with Gasteiger partial charge in [-0.25, -0.2) is 5.84 Å². The zero-order chi connectivity index (χ0) is 11.4. The van der Waals surface area contributed by atoms with E-state index < -0.39 is 0 Å². The minimum atomic E-state index is 0.184. The lowest BCUT2D eigenvalue weighted by Gasteiger charge is -2.06. The molecule has 0 radical (unpaired) electrons. The number of hydrazine groups is 1. The molecule has 0 saturated carbocycles. The molecule has 6 N–H and O–H groups in total. The molecule has 0 saturated heterocycles. The lowest BCUT2D eigenvalue weighted by molar-refractivity contribution is 1.10. The van der Waals surface area contributed by atoms with Gasteiger partial charge in [0.25, 0.3) is 0 Å². The maximum Gasteiger partial charge on any atom is 0.223 e. The Hall–Kier alpha value is -1.86. The second-order valence-electron chi connectivity index (χ2n) is 3.07. The molecule has 0 atom stereocenters. The van der Waals surface area contributed by atoms with Crippen LogP contribution in [0.3, 0.4) is 0 Å². The number of hydrogen-bond acceptors (Lipinski definition) is 7. The number of nitrogens with two attached hydrogens (primary N) is 2. The normalized spacial score (nSPS) is 10.1. The highest BCUT2D eigenvalue weighted by Gasteiger charge is 2.01. The summed E-state index contributed by atoms with van der Waals surface area (Å²) in [7, 11) is 0. The molecule has 0 bridgehead atoms. The van der Waals surface area contributed by atoms with Crippen LogP contribution < -0.4 is 22.3 Å². The fraction of sp³-hybridized carbons (Fsp3) is 0.111. The van der Waals surface area contributed by atoms with Crippen molar-refractivity contribution in [3.05, 3.63) is 28.5 Å². The van der Waals surface area contributed by atoms with Crippen molar-refractivity contribution in [2.75, 3.05) is 16.5 Å². The predicted molar refractivity (Wildman–Crippen MR) is 65.9 cm³/mol. The molecule has 84 valence electrons. The van der Waals surface area contributed by atoms with Crippen molar-refractivity contribution in [1.29, 1.82) is 0 Å². The third-order valence-electron chi connectivity index (χ3n) is 1.92. The quantitative estimate of drug-likeness (QED) is 0.467. The van der Waals surface area contributed by atoms with Crippen LogP contribution in [0.25, 0.3) is 0 Å². The molecule has 2 aromatic heterocycles. The molecule has 0 fully saturated rings. The van der Waals surface area contributed by atoms with Crippen LogP contribution in [0.2, 0.25) is 0 Å². The Morgan fingerprint density at radius 3 is 2.81 bits per heavy atom. The zero-order valence-corrected chi connectivity index (χ0v) is 9.29. The van der Waals surface area contributed by atoms with Crippen molar-refractivity contribution in [2.24, 2.45) is 5.84 Å². The van der Waals surface area contributed by atoms with E-state index in [1.165, 1.54) is 4.88 Å². The van der Waals surface area contributed by atoms with Crippen molar-refractivity contribution in [3.8, 4) is 0 Å². The van der Waals surface area contributed by atoms with Gasteiger partial charge in [0.05, 0.1) is 6.54 Å². The van der Waals surface area contributed by atoms with Crippen molar-refractivity contribution in [3.63, 3.8) is 0 Å². The van der Waals surface area contributed by atoms with Crippen LogP contribution in [0.5, 0.6) is 0 Å². The maximum atomic E-state index is 5.53. The van der Waals surface area contributed by atoms with Crippen molar-refractivity contribution < 1.29 is 0 Å². The molecule has 0 amide bonds. The van der Waals surface area contributed by atoms with Crippen molar-refractivity contribution in [2.45, 2.75) is 6.54 Å². The zero-order valence-electron chi connectivity index (χ0n) is 8.47. The molecular weight excluding hydrogens is 224 g/mol. The van der Waals surface area contributed by atoms with Crippen LogP contribution in [-0.2, 0) is 6.54 Å². The molecule has 0 aliphatic carbocycles. The summed E-state index contributed by atoms with van der Waals surface area (Å²) in [6, 6.07) is 5.75. The summed E-state index contributed by atoms with van der Waals surface area (Å²) in [4.78, 5) is 9.16. The van der Waals surface area contributed by atoms with Gasteiger partial charge in [-0.3, -0.25) is 0 Å². The van der Waals surface area contributed by atoms with Gasteiger partial charge in [-0.2, -0.15) is 9.97 Å². The molecule has 2 rings (SSSR count). The molecular formula is C9H12N6S. The highest BCUT2D eigenvalue weighted by atomic mass is 32.1. The minimum absolute atomic E-state index is 0.184. The lowest BCUT2D eigenvalue weighted by atomic mass is 10.4. The van der Waals surface area contributed by atoms with Gasteiger partial charge in [-0.1, -0.05) is 6.07 Å². The van der Waals surface area contributed by atoms with E-state index in [1.807, 2.05) is 17.5 Å². The molecule has 16 heavy (non-hydrogen) atoms. The third-order valence-corrected chi connectivity index (χ3v) is 2.79. The number of rotatable bonds is 4. The second-order valence-corrected chi connectivity index (χ2v) is 4.11. The van der Waals surface area contributed by atoms with Gasteiger partial charge in [-0.05, 0) is 11.4 Å². The van der Waals surface area contributed by atoms with Gasteiger partial charge in [0.1, 0.15) is 11.6 Å². The molecule has 0 unspecified atom stereocenters. The number of nitrogens with one attached hydrogen (secondary N) is 2. The van der Waals surface area contributed by atoms with Gasteiger partial charge in [0.2, 0.25) is 5.95 Å². The van der Waals surface area contributed by atoms with Crippen LogP contribution in [0.15, 0.2) is 23.6 Å². The van der Waals surface area contributed by atoms with Gasteiger partial charge in [-0.15, -0.1) is 11.3 Å². The fourth-order valence-corrected chi connectivity index (χ4v) is 1.87. The van der Waals surface area contributed by atoms with Gasteiger partial charge in [0.15, 0.2) is 0 Å². The molecule has 0 aromatic carbocycles. The number of anilines is 3. The third kappa shape index (κ3) is 2.59. The number of hydrogen-bond donors (Lipinski definition) is 4. The van der Waals surface area contributed by atoms with E-state index in [1.54, 1.807) is 17.4 Å². The Labute approximate surface area is 96.7 Å². The predicted octanol–water partition coefficient (Wildman–Crippen LogP) is 1.02. The Morgan fingerprint density at radius 2 is 2.12 bits per heavy atom. The number of thiophene rings is 1. The first-order valence-electron chi connectivity index (χ1n) is 4.65. The van der Waals surface area contributed by atoms with Crippen molar-refractivity contribution in [1.82, 2.24) is 9.97 Å². The Morgan fingerprint density at radius 1 is 1.31 bits per heavy atom. The van der Waals surface area contributed by atoms with E-state index in [2.05, 4.69) is 20.7 Å². The Bertz CT molecular complexity index is 455. The first-order valence-corrected chi connectivity index (χ1v) is 5.53. The summed E-state index contributed by atoms with van der Waals surface area (Å²) in [6.45, 7) is 0.706. The van der Waals surface area contributed by atoms with Gasteiger partial charge < -0.3 is 16.5 Å². The smallest absolute Gasteiger partial charge is 0.223 e. The number of aromatic nitrogens is 2. The first kappa shape index (κ1) is 10.7. The SMILES string of the molecule is NNc1cc(NCc2cccs2)nc(N)n1. The lowest BCUT2D eigenvalue weighted by Crippen LogP contribution is -2.11. The summed E-state index contributed by atoms with van der Waals surface area (Å²) in [5.41, 5.74) is 7.96. The van der Waals surface area contributed by atoms with E-state index in [0.29, 0.717) is 18.2 Å². The standard InChI is InChI=1S/C9H12N6S/c10-9-13-7(4-8(14-9)15-11)12-5-6-2-1-3-16-6/h1-4H,5,11H2,(H4,10,12,13,14,15). The van der Waals surface area contributed by atoms with Gasteiger partial charge >= 0.3 is 0 Å². The van der Waals surface area contributed by atoms with Crippen molar-refractivity contribution >= 4 is 28.9 Å². The van der Waals surface area contributed by atoms with Crippen LogP contribution in [-0.4, -0.2) is 9.97 Å². The van der Waals surface area contributed by atoms with E-state index in [4.69, 9.17) is 11.6 Å². The monoisotopic (exact) mass is 236 g/mol. The molecule has 0 aliphatic heterocycles. The Kier molecular flexibility index (Phi) is 3.18. The van der Waals surface area contributed by atoms with E-state index in [0.717, 1.165) is 0 Å². The highest BCUT2D eigenvalue weighted by molar-refractivity contribution is 7.09. The van der Waals surface area contributed by atoms with E-state index in [-0.39, 0.29) is 5.95 Å². The number of nitrogen functional groups attached to an aromatic ring is 2. The topological polar surface area (TPSA) is 102 Å². The van der Waals surface area contributed by atoms with Crippen LogP contribution in [0, 0.1) is 0 Å². The first-order chi connectivity index (χ1) is 7.78. The van der Waals surface area contributed by atoms with Gasteiger partial charge in [0, 0.05) is 10.9 Å². The van der Waals surface area contributed by atoms with Crippen LogP contribution in [0.1, 0.15) is 4.88 Å². The molecule has 2 aromatic rings. The summed E-state index contributed by atoms with van der Waals surface area (Å²) in [5.74, 6) is 6.58. The summed E-state index contributed by atoms with van der Waals surface area (Å²) >= 11 is 1.68. The molecule has 2 heterocycles. The number of nitrogens with zero attached hydrogens (tertiary/aromatic N) is 2. The molecule has 7 heteroatoms. The summed E-state index contributed by atoms with van der Waals surface area (Å²) in [5, 5.41) is 5.17. The average molecular weight is 236 g/mol. The molecule has 0 aliphatic rings. The van der Waals surface area contributed by atoms with E-state index >= 15 is 0 Å². The largest absolute Gasteiger partial charge is 0.368 e. The fourth-order valence-electron chi connectivity index (χ4n) is 1.22.